The lowest BCUT2D eigenvalue weighted by molar-refractivity contribution is 0.0518. The monoisotopic (exact) mass is 246 g/mol. The van der Waals surface area contributed by atoms with Gasteiger partial charge in [0.1, 0.15) is 0 Å². The van der Waals surface area contributed by atoms with Crippen molar-refractivity contribution in [3.05, 3.63) is 57.8 Å². The smallest absolute Gasteiger partial charge is 0.0963 e. The van der Waals surface area contributed by atoms with Gasteiger partial charge in [0.05, 0.1) is 5.60 Å². The molecule has 0 spiro atoms. The molecule has 1 nitrogen and oxygen atoms in total. The summed E-state index contributed by atoms with van der Waals surface area (Å²) in [6.45, 7) is 3.97. The van der Waals surface area contributed by atoms with Crippen molar-refractivity contribution >= 4 is 11.3 Å². The number of hydrogen-bond donors (Lipinski definition) is 1. The van der Waals surface area contributed by atoms with E-state index < -0.39 is 5.60 Å². The highest BCUT2D eigenvalue weighted by Crippen LogP contribution is 2.31. The van der Waals surface area contributed by atoms with Crippen LogP contribution in [0, 0.1) is 6.92 Å². The second-order valence-electron chi connectivity index (χ2n) is 4.67. The van der Waals surface area contributed by atoms with Crippen LogP contribution in [0.1, 0.15) is 28.7 Å². The fraction of sp³-hybridized carbons (Fsp3) is 0.333. The molecular weight excluding hydrogens is 228 g/mol. The van der Waals surface area contributed by atoms with E-state index in [1.165, 1.54) is 10.4 Å². The lowest BCUT2D eigenvalue weighted by atomic mass is 9.95. The van der Waals surface area contributed by atoms with E-state index in [1.807, 2.05) is 31.2 Å². The third kappa shape index (κ3) is 3.18. The maximum atomic E-state index is 10.5. The predicted molar refractivity (Wildman–Crippen MR) is 73.4 cm³/mol. The van der Waals surface area contributed by atoms with E-state index >= 15 is 0 Å². The van der Waals surface area contributed by atoms with Gasteiger partial charge in [-0.3, -0.25) is 0 Å². The Morgan fingerprint density at radius 2 is 1.82 bits per heavy atom. The second-order valence-corrected chi connectivity index (χ2v) is 5.96. The van der Waals surface area contributed by atoms with E-state index in [9.17, 15) is 5.11 Å². The maximum Gasteiger partial charge on any atom is 0.0963 e. The van der Waals surface area contributed by atoms with Crippen molar-refractivity contribution in [1.82, 2.24) is 0 Å². The van der Waals surface area contributed by atoms with Gasteiger partial charge in [0, 0.05) is 9.75 Å². The third-order valence-corrected chi connectivity index (χ3v) is 4.27. The Morgan fingerprint density at radius 1 is 1.12 bits per heavy atom. The van der Waals surface area contributed by atoms with Crippen LogP contribution in [-0.4, -0.2) is 5.11 Å². The van der Waals surface area contributed by atoms with Crippen LogP contribution in [0.15, 0.2) is 42.5 Å². The molecule has 90 valence electrons. The van der Waals surface area contributed by atoms with Gasteiger partial charge in [0.15, 0.2) is 0 Å². The van der Waals surface area contributed by atoms with E-state index in [0.717, 1.165) is 17.7 Å². The summed E-state index contributed by atoms with van der Waals surface area (Å²) in [5.74, 6) is 0. The molecule has 0 aliphatic carbocycles. The van der Waals surface area contributed by atoms with Crippen LogP contribution < -0.4 is 0 Å². The molecule has 0 aliphatic rings. The Balaban J connectivity index is 2.03. The molecule has 0 saturated carbocycles. The minimum absolute atomic E-state index is 0.714. The molecule has 0 fully saturated rings. The summed E-state index contributed by atoms with van der Waals surface area (Å²) < 4.78 is 0. The predicted octanol–water partition coefficient (Wildman–Crippen LogP) is 3.90. The first-order valence-corrected chi connectivity index (χ1v) is 6.73. The summed E-state index contributed by atoms with van der Waals surface area (Å²) in [6.07, 6.45) is 1.67. The minimum atomic E-state index is -0.714. The van der Waals surface area contributed by atoms with Crippen molar-refractivity contribution in [2.45, 2.75) is 32.3 Å². The third-order valence-electron chi connectivity index (χ3n) is 3.01. The molecule has 1 aromatic carbocycles. The number of aliphatic hydroxyl groups is 1. The van der Waals surface area contributed by atoms with Gasteiger partial charge in [0.25, 0.3) is 0 Å². The molecule has 2 heteroatoms. The fourth-order valence-corrected chi connectivity index (χ4v) is 2.82. The highest BCUT2D eigenvalue weighted by Gasteiger charge is 2.24. The highest BCUT2D eigenvalue weighted by atomic mass is 32.1. The zero-order valence-corrected chi connectivity index (χ0v) is 11.1. The molecule has 2 rings (SSSR count). The molecule has 1 N–H and O–H groups in total. The quantitative estimate of drug-likeness (QED) is 0.867. The Hall–Kier alpha value is -1.12. The molecule has 0 amide bonds. The van der Waals surface area contributed by atoms with Crippen molar-refractivity contribution in [1.29, 1.82) is 0 Å². The normalized spacial score (nSPS) is 14.5. The summed E-state index contributed by atoms with van der Waals surface area (Å²) in [7, 11) is 0. The number of benzene rings is 1. The Morgan fingerprint density at radius 3 is 2.41 bits per heavy atom. The number of thiophene rings is 1. The summed E-state index contributed by atoms with van der Waals surface area (Å²) in [6, 6.07) is 14.4. The topological polar surface area (TPSA) is 20.2 Å². The first-order valence-electron chi connectivity index (χ1n) is 5.91. The zero-order valence-electron chi connectivity index (χ0n) is 10.3. The van der Waals surface area contributed by atoms with Crippen molar-refractivity contribution in [3.63, 3.8) is 0 Å². The standard InChI is InChI=1S/C15H18OS/c1-12-8-9-14(17-12)15(2,16)11-10-13-6-4-3-5-7-13/h3-9,16H,10-11H2,1-2H3. The summed E-state index contributed by atoms with van der Waals surface area (Å²) in [5, 5.41) is 10.5. The van der Waals surface area contributed by atoms with Crippen LogP contribution in [0.4, 0.5) is 0 Å². The van der Waals surface area contributed by atoms with Crippen LogP contribution in [0.5, 0.6) is 0 Å². The molecule has 17 heavy (non-hydrogen) atoms. The van der Waals surface area contributed by atoms with Crippen LogP contribution in [0.25, 0.3) is 0 Å². The largest absolute Gasteiger partial charge is 0.385 e. The average Bonchev–Trinajstić information content (AvgIpc) is 2.76. The van der Waals surface area contributed by atoms with Gasteiger partial charge in [0.2, 0.25) is 0 Å². The fourth-order valence-electron chi connectivity index (χ4n) is 1.88. The van der Waals surface area contributed by atoms with Gasteiger partial charge in [-0.1, -0.05) is 30.3 Å². The van der Waals surface area contributed by atoms with Crippen molar-refractivity contribution in [3.8, 4) is 0 Å². The van der Waals surface area contributed by atoms with Gasteiger partial charge in [-0.25, -0.2) is 0 Å². The maximum absolute atomic E-state index is 10.5. The number of rotatable bonds is 4. The molecule has 0 bridgehead atoms. The first-order chi connectivity index (χ1) is 8.08. The van der Waals surface area contributed by atoms with Gasteiger partial charge < -0.3 is 5.11 Å². The average molecular weight is 246 g/mol. The van der Waals surface area contributed by atoms with E-state index in [2.05, 4.69) is 25.1 Å². The molecule has 1 atom stereocenters. The zero-order chi connectivity index (χ0) is 12.3. The molecule has 0 radical (unpaired) electrons. The summed E-state index contributed by atoms with van der Waals surface area (Å²) in [4.78, 5) is 2.31. The van der Waals surface area contributed by atoms with Gasteiger partial charge in [-0.15, -0.1) is 11.3 Å². The van der Waals surface area contributed by atoms with Crippen LogP contribution in [0.2, 0.25) is 0 Å². The summed E-state index contributed by atoms with van der Waals surface area (Å²) >= 11 is 1.68. The van der Waals surface area contributed by atoms with Crippen LogP contribution in [0.3, 0.4) is 0 Å². The number of aryl methyl sites for hydroxylation is 2. The molecule has 1 heterocycles. The van der Waals surface area contributed by atoms with Gasteiger partial charge >= 0.3 is 0 Å². The summed E-state index contributed by atoms with van der Waals surface area (Å²) in [5.41, 5.74) is 0.565. The van der Waals surface area contributed by atoms with Crippen LogP contribution >= 0.6 is 11.3 Å². The molecular formula is C15H18OS. The lowest BCUT2D eigenvalue weighted by Crippen LogP contribution is -2.20. The Labute approximate surface area is 107 Å². The van der Waals surface area contributed by atoms with E-state index in [1.54, 1.807) is 11.3 Å². The molecule has 1 unspecified atom stereocenters. The SMILES string of the molecule is Cc1ccc(C(C)(O)CCc2ccccc2)s1. The van der Waals surface area contributed by atoms with E-state index in [4.69, 9.17) is 0 Å². The molecule has 2 aromatic rings. The van der Waals surface area contributed by atoms with Crippen molar-refractivity contribution in [2.75, 3.05) is 0 Å². The van der Waals surface area contributed by atoms with E-state index in [-0.39, 0.29) is 0 Å². The first kappa shape index (κ1) is 12.3. The number of hydrogen-bond acceptors (Lipinski definition) is 2. The molecule has 0 saturated heterocycles. The van der Waals surface area contributed by atoms with Crippen molar-refractivity contribution < 1.29 is 5.11 Å². The van der Waals surface area contributed by atoms with Gasteiger partial charge in [-0.2, -0.15) is 0 Å². The Kier molecular flexibility index (Phi) is 3.65. The molecule has 1 aromatic heterocycles. The minimum Gasteiger partial charge on any atom is -0.385 e. The van der Waals surface area contributed by atoms with Crippen LogP contribution in [-0.2, 0) is 12.0 Å². The second kappa shape index (κ2) is 5.03. The highest BCUT2D eigenvalue weighted by molar-refractivity contribution is 7.12. The Bertz CT molecular complexity index is 471. The molecule has 0 aliphatic heterocycles. The lowest BCUT2D eigenvalue weighted by Gasteiger charge is -2.21. The van der Waals surface area contributed by atoms with Crippen molar-refractivity contribution in [2.24, 2.45) is 0 Å². The van der Waals surface area contributed by atoms with E-state index in [0.29, 0.717) is 0 Å². The van der Waals surface area contributed by atoms with Gasteiger partial charge in [-0.05, 0) is 44.4 Å².